The zero-order valence-corrected chi connectivity index (χ0v) is 5.62. The zero-order chi connectivity index (χ0) is 6.85. The van der Waals surface area contributed by atoms with E-state index >= 15 is 0 Å². The Bertz CT molecular complexity index is 197. The molecule has 9 heavy (non-hydrogen) atoms. The van der Waals surface area contributed by atoms with Gasteiger partial charge in [0.05, 0.1) is 0 Å². The molecule has 0 atom stereocenters. The molecule has 0 aliphatic carbocycles. The largest absolute Gasteiger partial charge is 0.426 e. The van der Waals surface area contributed by atoms with Crippen LogP contribution >= 0.6 is 12.2 Å². The van der Waals surface area contributed by atoms with Crippen LogP contribution in [-0.4, -0.2) is 11.1 Å². The lowest BCUT2D eigenvalue weighted by atomic mass is 10.4. The summed E-state index contributed by atoms with van der Waals surface area (Å²) in [6.45, 7) is 1.71. The number of amides is 1. The summed E-state index contributed by atoms with van der Waals surface area (Å²) in [5.74, 6) is 0.0162. The number of hydrogen-bond acceptors (Lipinski definition) is 3. The van der Waals surface area contributed by atoms with Gasteiger partial charge in [-0.3, -0.25) is 10.1 Å². The van der Waals surface area contributed by atoms with Gasteiger partial charge in [-0.15, -0.1) is 0 Å². The van der Waals surface area contributed by atoms with Crippen LogP contribution in [-0.2, 0) is 9.53 Å². The number of thiocarbonyl (C=S) groups is 1. The van der Waals surface area contributed by atoms with E-state index in [1.807, 2.05) is 0 Å². The molecule has 1 N–H and O–H groups in total. The summed E-state index contributed by atoms with van der Waals surface area (Å²) in [7, 11) is 0. The second-order valence-corrected chi connectivity index (χ2v) is 1.87. The molecule has 1 aliphatic heterocycles. The standard InChI is InChI=1S/C5H5NO2S/c1-2-3-4(7)6-5(9)8-3/h2H,1H3,(H,6,7,9). The van der Waals surface area contributed by atoms with Crippen LogP contribution in [0.3, 0.4) is 0 Å². The van der Waals surface area contributed by atoms with Gasteiger partial charge in [-0.25, -0.2) is 0 Å². The predicted octanol–water partition coefficient (Wildman–Crippen LogP) is 0.322. The molecule has 4 heteroatoms. The second-order valence-electron chi connectivity index (χ2n) is 1.50. The molecule has 0 saturated carbocycles. The highest BCUT2D eigenvalue weighted by molar-refractivity contribution is 7.80. The molecule has 0 radical (unpaired) electrons. The molecule has 48 valence electrons. The predicted molar refractivity (Wildman–Crippen MR) is 35.6 cm³/mol. The van der Waals surface area contributed by atoms with Crippen molar-refractivity contribution in [2.24, 2.45) is 0 Å². The van der Waals surface area contributed by atoms with Crippen molar-refractivity contribution >= 4 is 23.3 Å². The Morgan fingerprint density at radius 2 is 2.44 bits per heavy atom. The third-order valence-electron chi connectivity index (χ3n) is 0.904. The highest BCUT2D eigenvalue weighted by Gasteiger charge is 2.21. The first kappa shape index (κ1) is 6.22. The highest BCUT2D eigenvalue weighted by Crippen LogP contribution is 2.04. The maximum atomic E-state index is 10.6. The van der Waals surface area contributed by atoms with Gasteiger partial charge in [0, 0.05) is 0 Å². The third-order valence-corrected chi connectivity index (χ3v) is 1.09. The minimum absolute atomic E-state index is 0.133. The zero-order valence-electron chi connectivity index (χ0n) is 4.80. The SMILES string of the molecule is CC=C1OC(=S)NC1=O. The molecular formula is C5H5NO2S. The third kappa shape index (κ3) is 1.08. The molecule has 0 spiro atoms. The monoisotopic (exact) mass is 143 g/mol. The fraction of sp³-hybridized carbons (Fsp3) is 0.200. The lowest BCUT2D eigenvalue weighted by Gasteiger charge is -1.86. The summed E-state index contributed by atoms with van der Waals surface area (Å²) in [4.78, 5) is 10.6. The number of nitrogens with one attached hydrogen (secondary N) is 1. The smallest absolute Gasteiger partial charge is 0.294 e. The van der Waals surface area contributed by atoms with E-state index in [9.17, 15) is 4.79 Å². The fourth-order valence-electron chi connectivity index (χ4n) is 0.516. The lowest BCUT2D eigenvalue weighted by molar-refractivity contribution is -0.116. The van der Waals surface area contributed by atoms with Crippen LogP contribution in [0.5, 0.6) is 0 Å². The minimum Gasteiger partial charge on any atom is -0.426 e. The van der Waals surface area contributed by atoms with Gasteiger partial charge in [-0.2, -0.15) is 0 Å². The maximum Gasteiger partial charge on any atom is 0.294 e. The van der Waals surface area contributed by atoms with Crippen molar-refractivity contribution in [3.05, 3.63) is 11.8 Å². The Morgan fingerprint density at radius 1 is 1.78 bits per heavy atom. The summed E-state index contributed by atoms with van der Waals surface area (Å²) >= 11 is 4.54. The van der Waals surface area contributed by atoms with Gasteiger partial charge in [0.15, 0.2) is 5.76 Å². The van der Waals surface area contributed by atoms with E-state index in [0.717, 1.165) is 0 Å². The van der Waals surface area contributed by atoms with Gasteiger partial charge >= 0.3 is 0 Å². The second kappa shape index (κ2) is 2.14. The summed E-state index contributed by atoms with van der Waals surface area (Å²) in [6, 6.07) is 0. The van der Waals surface area contributed by atoms with E-state index in [1.54, 1.807) is 13.0 Å². The van der Waals surface area contributed by atoms with Crippen LogP contribution in [0.25, 0.3) is 0 Å². The summed E-state index contributed by atoms with van der Waals surface area (Å²) < 4.78 is 4.75. The van der Waals surface area contributed by atoms with Crippen LogP contribution < -0.4 is 5.32 Å². The molecule has 1 fully saturated rings. The quantitative estimate of drug-likeness (QED) is 0.392. The Morgan fingerprint density at radius 3 is 2.67 bits per heavy atom. The molecule has 0 unspecified atom stereocenters. The van der Waals surface area contributed by atoms with Crippen molar-refractivity contribution in [3.8, 4) is 0 Å². The minimum atomic E-state index is -0.262. The maximum absolute atomic E-state index is 10.6. The van der Waals surface area contributed by atoms with Gasteiger partial charge in [0.1, 0.15) is 0 Å². The molecule has 1 heterocycles. The van der Waals surface area contributed by atoms with Crippen LogP contribution in [0.2, 0.25) is 0 Å². The normalized spacial score (nSPS) is 22.1. The van der Waals surface area contributed by atoms with Crippen molar-refractivity contribution in [1.82, 2.24) is 5.32 Å². The van der Waals surface area contributed by atoms with E-state index in [4.69, 9.17) is 4.74 Å². The molecule has 1 saturated heterocycles. The van der Waals surface area contributed by atoms with Crippen molar-refractivity contribution in [2.45, 2.75) is 6.92 Å². The lowest BCUT2D eigenvalue weighted by Crippen LogP contribution is -2.18. The summed E-state index contributed by atoms with van der Waals surface area (Å²) in [5.41, 5.74) is 0. The van der Waals surface area contributed by atoms with E-state index in [-0.39, 0.29) is 16.8 Å². The van der Waals surface area contributed by atoms with Crippen LogP contribution in [0.1, 0.15) is 6.92 Å². The molecule has 3 nitrogen and oxygen atoms in total. The van der Waals surface area contributed by atoms with Gasteiger partial charge in [0.25, 0.3) is 11.1 Å². The average Bonchev–Trinajstić information content (AvgIpc) is 2.10. The number of ether oxygens (including phenoxy) is 1. The highest BCUT2D eigenvalue weighted by atomic mass is 32.1. The molecule has 1 rings (SSSR count). The number of carbonyl (C=O) groups excluding carboxylic acids is 1. The number of carbonyl (C=O) groups is 1. The Labute approximate surface area is 57.7 Å². The Kier molecular flexibility index (Phi) is 1.48. The Hall–Kier alpha value is -0.900. The molecule has 0 aromatic carbocycles. The molecular weight excluding hydrogens is 138 g/mol. The van der Waals surface area contributed by atoms with Crippen molar-refractivity contribution < 1.29 is 9.53 Å². The first-order valence-electron chi connectivity index (χ1n) is 2.43. The van der Waals surface area contributed by atoms with Crippen LogP contribution in [0.4, 0.5) is 0 Å². The van der Waals surface area contributed by atoms with E-state index in [2.05, 4.69) is 17.5 Å². The summed E-state index contributed by atoms with van der Waals surface area (Å²) in [5, 5.41) is 2.45. The van der Waals surface area contributed by atoms with E-state index in [1.165, 1.54) is 0 Å². The van der Waals surface area contributed by atoms with Crippen molar-refractivity contribution in [2.75, 3.05) is 0 Å². The molecule has 0 bridgehead atoms. The van der Waals surface area contributed by atoms with Gasteiger partial charge in [-0.05, 0) is 25.2 Å². The van der Waals surface area contributed by atoms with Crippen LogP contribution in [0.15, 0.2) is 11.8 Å². The molecule has 0 aromatic rings. The molecule has 1 aliphatic rings. The van der Waals surface area contributed by atoms with Gasteiger partial charge in [-0.1, -0.05) is 0 Å². The number of rotatable bonds is 0. The van der Waals surface area contributed by atoms with Gasteiger partial charge < -0.3 is 4.74 Å². The van der Waals surface area contributed by atoms with Crippen molar-refractivity contribution in [1.29, 1.82) is 0 Å². The molecule has 0 aromatic heterocycles. The number of hydrogen-bond donors (Lipinski definition) is 1. The number of allylic oxidation sites excluding steroid dienone is 1. The topological polar surface area (TPSA) is 38.3 Å². The van der Waals surface area contributed by atoms with Crippen LogP contribution in [0, 0.1) is 0 Å². The van der Waals surface area contributed by atoms with Gasteiger partial charge in [0.2, 0.25) is 0 Å². The first-order valence-corrected chi connectivity index (χ1v) is 2.84. The van der Waals surface area contributed by atoms with E-state index < -0.39 is 0 Å². The van der Waals surface area contributed by atoms with E-state index in [0.29, 0.717) is 0 Å². The average molecular weight is 143 g/mol. The first-order chi connectivity index (χ1) is 4.24. The molecule has 1 amide bonds. The van der Waals surface area contributed by atoms with Crippen molar-refractivity contribution in [3.63, 3.8) is 0 Å². The Balaban J connectivity index is 2.81. The summed E-state index contributed by atoms with van der Waals surface area (Å²) in [6.07, 6.45) is 1.56. The fourth-order valence-corrected chi connectivity index (χ4v) is 0.699.